The van der Waals surface area contributed by atoms with E-state index in [-0.39, 0.29) is 11.8 Å². The Labute approximate surface area is 82.2 Å². The van der Waals surface area contributed by atoms with Crippen molar-refractivity contribution in [3.8, 4) is 0 Å². The largest absolute Gasteiger partial charge is 0.310 e. The normalized spacial score (nSPS) is 12.5. The van der Waals surface area contributed by atoms with E-state index in [2.05, 4.69) is 17.2 Å². The first-order chi connectivity index (χ1) is 6.24. The summed E-state index contributed by atoms with van der Waals surface area (Å²) < 4.78 is 0. The molecule has 13 heavy (non-hydrogen) atoms. The van der Waals surface area contributed by atoms with Crippen molar-refractivity contribution in [2.24, 2.45) is 5.92 Å². The number of nitrogens with zero attached hydrogens (tertiary/aromatic N) is 1. The zero-order valence-corrected chi connectivity index (χ0v) is 8.73. The SMILES string of the molecule is CCCC(C)C(=O)Nc1cscn1. The summed E-state index contributed by atoms with van der Waals surface area (Å²) in [5, 5.41) is 4.60. The van der Waals surface area contributed by atoms with E-state index >= 15 is 0 Å². The van der Waals surface area contributed by atoms with Gasteiger partial charge in [0.05, 0.1) is 5.51 Å². The van der Waals surface area contributed by atoms with Crippen molar-refractivity contribution in [3.63, 3.8) is 0 Å². The molecule has 0 aromatic carbocycles. The van der Waals surface area contributed by atoms with Crippen molar-refractivity contribution in [2.45, 2.75) is 26.7 Å². The van der Waals surface area contributed by atoms with Crippen LogP contribution in [0.15, 0.2) is 10.9 Å². The maximum absolute atomic E-state index is 11.5. The topological polar surface area (TPSA) is 42.0 Å². The number of rotatable bonds is 4. The van der Waals surface area contributed by atoms with Crippen LogP contribution in [0.5, 0.6) is 0 Å². The average Bonchev–Trinajstić information content (AvgIpc) is 2.57. The van der Waals surface area contributed by atoms with E-state index in [4.69, 9.17) is 0 Å². The van der Waals surface area contributed by atoms with E-state index in [1.807, 2.05) is 12.3 Å². The number of carbonyl (C=O) groups excluding carboxylic acids is 1. The molecule has 1 heterocycles. The van der Waals surface area contributed by atoms with E-state index in [0.29, 0.717) is 5.82 Å². The summed E-state index contributed by atoms with van der Waals surface area (Å²) in [5.41, 5.74) is 1.71. The molecule has 1 aromatic rings. The van der Waals surface area contributed by atoms with Crippen LogP contribution in [0.2, 0.25) is 0 Å². The van der Waals surface area contributed by atoms with Crippen LogP contribution in [0.3, 0.4) is 0 Å². The van der Waals surface area contributed by atoms with Gasteiger partial charge in [0.15, 0.2) is 0 Å². The third-order valence-electron chi connectivity index (χ3n) is 1.85. The first kappa shape index (κ1) is 10.2. The van der Waals surface area contributed by atoms with E-state index in [0.717, 1.165) is 12.8 Å². The average molecular weight is 198 g/mol. The minimum Gasteiger partial charge on any atom is -0.310 e. The minimum atomic E-state index is 0.0627. The number of hydrogen-bond donors (Lipinski definition) is 1. The number of thiazole rings is 1. The maximum Gasteiger partial charge on any atom is 0.228 e. The lowest BCUT2D eigenvalue weighted by atomic mass is 10.1. The number of hydrogen-bond acceptors (Lipinski definition) is 3. The van der Waals surface area contributed by atoms with Gasteiger partial charge in [0, 0.05) is 11.3 Å². The van der Waals surface area contributed by atoms with Gasteiger partial charge >= 0.3 is 0 Å². The third kappa shape index (κ3) is 3.14. The Morgan fingerprint density at radius 2 is 2.54 bits per heavy atom. The van der Waals surface area contributed by atoms with Crippen molar-refractivity contribution >= 4 is 23.1 Å². The van der Waals surface area contributed by atoms with Gasteiger partial charge in [-0.05, 0) is 6.42 Å². The molecule has 0 saturated heterocycles. The highest BCUT2D eigenvalue weighted by Gasteiger charge is 2.11. The highest BCUT2D eigenvalue weighted by Crippen LogP contribution is 2.11. The molecule has 1 atom stereocenters. The zero-order chi connectivity index (χ0) is 9.68. The summed E-state index contributed by atoms with van der Waals surface area (Å²) in [6.45, 7) is 4.01. The molecule has 72 valence electrons. The fraction of sp³-hybridized carbons (Fsp3) is 0.556. The summed E-state index contributed by atoms with van der Waals surface area (Å²) >= 11 is 1.48. The van der Waals surface area contributed by atoms with Crippen molar-refractivity contribution in [2.75, 3.05) is 5.32 Å². The van der Waals surface area contributed by atoms with Gasteiger partial charge < -0.3 is 5.32 Å². The first-order valence-electron chi connectivity index (χ1n) is 4.43. The molecule has 1 N–H and O–H groups in total. The molecule has 1 amide bonds. The zero-order valence-electron chi connectivity index (χ0n) is 7.91. The summed E-state index contributed by atoms with van der Waals surface area (Å²) in [4.78, 5) is 15.4. The van der Waals surface area contributed by atoms with Crippen molar-refractivity contribution in [1.29, 1.82) is 0 Å². The Kier molecular flexibility index (Phi) is 3.89. The van der Waals surface area contributed by atoms with E-state index in [9.17, 15) is 4.79 Å². The fourth-order valence-electron chi connectivity index (χ4n) is 1.09. The van der Waals surface area contributed by atoms with E-state index < -0.39 is 0 Å². The predicted molar refractivity (Wildman–Crippen MR) is 54.8 cm³/mol. The molecule has 1 rings (SSSR count). The van der Waals surface area contributed by atoms with Crippen molar-refractivity contribution in [1.82, 2.24) is 4.98 Å². The van der Waals surface area contributed by atoms with Crippen LogP contribution in [0.4, 0.5) is 5.82 Å². The summed E-state index contributed by atoms with van der Waals surface area (Å²) in [7, 11) is 0. The van der Waals surface area contributed by atoms with Crippen LogP contribution in [0.1, 0.15) is 26.7 Å². The summed E-state index contributed by atoms with van der Waals surface area (Å²) in [5.74, 6) is 0.803. The molecule has 0 aliphatic rings. The second-order valence-electron chi connectivity index (χ2n) is 3.05. The van der Waals surface area contributed by atoms with Gasteiger partial charge in [-0.2, -0.15) is 0 Å². The van der Waals surface area contributed by atoms with Crippen LogP contribution in [-0.2, 0) is 4.79 Å². The Hall–Kier alpha value is -0.900. The fourth-order valence-corrected chi connectivity index (χ4v) is 1.57. The summed E-state index contributed by atoms with van der Waals surface area (Å²) in [6.07, 6.45) is 1.96. The second-order valence-corrected chi connectivity index (χ2v) is 3.77. The van der Waals surface area contributed by atoms with Gasteiger partial charge in [-0.3, -0.25) is 4.79 Å². The number of nitrogens with one attached hydrogen (secondary N) is 1. The quantitative estimate of drug-likeness (QED) is 0.807. The molecule has 1 unspecified atom stereocenters. The monoisotopic (exact) mass is 198 g/mol. The molecular formula is C9H14N2OS. The lowest BCUT2D eigenvalue weighted by Crippen LogP contribution is -2.20. The van der Waals surface area contributed by atoms with Gasteiger partial charge in [-0.1, -0.05) is 20.3 Å². The van der Waals surface area contributed by atoms with Crippen LogP contribution < -0.4 is 5.32 Å². The molecule has 3 nitrogen and oxygen atoms in total. The van der Waals surface area contributed by atoms with Crippen LogP contribution in [-0.4, -0.2) is 10.9 Å². The lowest BCUT2D eigenvalue weighted by Gasteiger charge is -2.08. The van der Waals surface area contributed by atoms with Crippen LogP contribution >= 0.6 is 11.3 Å². The van der Waals surface area contributed by atoms with E-state index in [1.54, 1.807) is 5.51 Å². The molecule has 0 bridgehead atoms. The molecule has 0 aliphatic carbocycles. The predicted octanol–water partition coefficient (Wildman–Crippen LogP) is 2.52. The second kappa shape index (κ2) is 4.97. The van der Waals surface area contributed by atoms with Crippen LogP contribution in [0, 0.1) is 5.92 Å². The maximum atomic E-state index is 11.5. The number of aromatic nitrogens is 1. The minimum absolute atomic E-state index is 0.0627. The first-order valence-corrected chi connectivity index (χ1v) is 5.37. The smallest absolute Gasteiger partial charge is 0.228 e. The molecule has 1 aromatic heterocycles. The van der Waals surface area contributed by atoms with Gasteiger partial charge in [0.1, 0.15) is 5.82 Å². The Balaban J connectivity index is 2.41. The number of amides is 1. The molecule has 0 fully saturated rings. The standard InChI is InChI=1S/C9H14N2OS/c1-3-4-7(2)9(12)11-8-5-13-6-10-8/h5-7H,3-4H2,1-2H3,(H,11,12). The number of anilines is 1. The van der Waals surface area contributed by atoms with E-state index in [1.165, 1.54) is 11.3 Å². The summed E-state index contributed by atoms with van der Waals surface area (Å²) in [6, 6.07) is 0. The molecule has 0 radical (unpaired) electrons. The highest BCUT2D eigenvalue weighted by molar-refractivity contribution is 7.07. The Morgan fingerprint density at radius 3 is 3.08 bits per heavy atom. The molecular weight excluding hydrogens is 184 g/mol. The van der Waals surface area contributed by atoms with Gasteiger partial charge in [0.2, 0.25) is 5.91 Å². The van der Waals surface area contributed by atoms with Crippen molar-refractivity contribution in [3.05, 3.63) is 10.9 Å². The van der Waals surface area contributed by atoms with Crippen LogP contribution in [0.25, 0.3) is 0 Å². The van der Waals surface area contributed by atoms with Gasteiger partial charge in [-0.15, -0.1) is 11.3 Å². The third-order valence-corrected chi connectivity index (χ3v) is 2.44. The molecule has 0 saturated carbocycles. The molecule has 0 aliphatic heterocycles. The lowest BCUT2D eigenvalue weighted by molar-refractivity contribution is -0.119. The molecule has 4 heteroatoms. The highest BCUT2D eigenvalue weighted by atomic mass is 32.1. The Morgan fingerprint density at radius 1 is 1.77 bits per heavy atom. The number of carbonyl (C=O) groups is 1. The molecule has 0 spiro atoms. The van der Waals surface area contributed by atoms with Crippen molar-refractivity contribution < 1.29 is 4.79 Å². The van der Waals surface area contributed by atoms with Gasteiger partial charge in [0.25, 0.3) is 0 Å². The van der Waals surface area contributed by atoms with Gasteiger partial charge in [-0.25, -0.2) is 4.98 Å². The Bertz CT molecular complexity index is 259.